The van der Waals surface area contributed by atoms with Gasteiger partial charge in [-0.15, -0.1) is 0 Å². The van der Waals surface area contributed by atoms with Crippen molar-refractivity contribution in [1.82, 2.24) is 15.0 Å². The largest absolute Gasteiger partial charge is 0.463 e. The molecule has 0 bridgehead atoms. The van der Waals surface area contributed by atoms with Crippen LogP contribution in [0.4, 0.5) is 10.6 Å². The Bertz CT molecular complexity index is 908. The number of rotatable bonds is 13. The maximum atomic E-state index is 12.4. The Morgan fingerprint density at radius 2 is 1.83 bits per heavy atom. The first kappa shape index (κ1) is 28.2. The van der Waals surface area contributed by atoms with Gasteiger partial charge in [0, 0.05) is 19.0 Å². The number of aliphatic hydroxyl groups excluding tert-OH is 2. The fourth-order valence-corrected chi connectivity index (χ4v) is 3.32. The quantitative estimate of drug-likeness (QED) is 0.107. The van der Waals surface area contributed by atoms with Crippen LogP contribution in [0.15, 0.2) is 17.1 Å². The summed E-state index contributed by atoms with van der Waals surface area (Å²) in [4.78, 5) is 50.5. The van der Waals surface area contributed by atoms with Gasteiger partial charge < -0.3 is 24.4 Å². The Morgan fingerprint density at radius 3 is 2.49 bits per heavy atom. The van der Waals surface area contributed by atoms with Crippen LogP contribution in [0.1, 0.15) is 58.1 Å². The summed E-state index contributed by atoms with van der Waals surface area (Å²) in [5.41, 5.74) is 0.707. The lowest BCUT2D eigenvalue weighted by atomic mass is 10.1. The number of hydroxylamine groups is 1. The van der Waals surface area contributed by atoms with Crippen molar-refractivity contribution in [2.24, 2.45) is 0 Å². The predicted molar refractivity (Wildman–Crippen MR) is 118 cm³/mol. The van der Waals surface area contributed by atoms with Gasteiger partial charge in [-0.25, -0.2) is 15.1 Å². The minimum atomic E-state index is -1.48. The zero-order valence-electron chi connectivity index (χ0n) is 19.4. The average Bonchev–Trinajstić information content (AvgIpc) is 3.11. The van der Waals surface area contributed by atoms with Gasteiger partial charge in [0.15, 0.2) is 6.23 Å². The molecule has 2 amide bonds. The molecule has 1 fully saturated rings. The van der Waals surface area contributed by atoms with E-state index < -0.39 is 48.2 Å². The van der Waals surface area contributed by atoms with Crippen LogP contribution in [0.25, 0.3) is 0 Å². The molecule has 5 N–H and O–H groups in total. The first-order chi connectivity index (χ1) is 16.8. The van der Waals surface area contributed by atoms with Gasteiger partial charge in [0.25, 0.3) is 0 Å². The van der Waals surface area contributed by atoms with Gasteiger partial charge in [0.1, 0.15) is 30.7 Å². The molecule has 4 atom stereocenters. The standard InChI is InChI=1S/C21H32N4O10/c1-2-11-33-21(31)23-14-9-10-25(20(30)22-14)19-18(29)17(28)13(35-19)12-34-16(27)8-6-4-3-5-7-15(26)24-32/h9-10,13,17-19,28-29,32H,2-8,11-12H2,1H3,(H,24,26)(H,22,23,30,31)/t13-,17-,18+,19-/m1/s1. The van der Waals surface area contributed by atoms with Gasteiger partial charge in [-0.1, -0.05) is 19.8 Å². The monoisotopic (exact) mass is 500 g/mol. The molecule has 1 aliphatic heterocycles. The van der Waals surface area contributed by atoms with Crippen molar-refractivity contribution < 1.29 is 44.0 Å². The van der Waals surface area contributed by atoms with Gasteiger partial charge in [-0.05, 0) is 25.3 Å². The summed E-state index contributed by atoms with van der Waals surface area (Å²) in [7, 11) is 0. The van der Waals surface area contributed by atoms with Gasteiger partial charge in [-0.3, -0.25) is 24.7 Å². The number of anilines is 1. The smallest absolute Gasteiger partial charge is 0.412 e. The maximum absolute atomic E-state index is 12.4. The molecular formula is C21H32N4O10. The Labute approximate surface area is 201 Å². The molecule has 0 saturated carbocycles. The molecule has 2 heterocycles. The number of esters is 1. The Balaban J connectivity index is 1.80. The number of carbonyl (C=O) groups excluding carboxylic acids is 3. The van der Waals surface area contributed by atoms with Crippen molar-refractivity contribution in [3.8, 4) is 0 Å². The van der Waals surface area contributed by atoms with Crippen LogP contribution >= 0.6 is 0 Å². The number of nitrogens with one attached hydrogen (secondary N) is 2. The number of aliphatic hydroxyl groups is 2. The zero-order valence-corrected chi connectivity index (χ0v) is 19.4. The highest BCUT2D eigenvalue weighted by Crippen LogP contribution is 2.28. The third kappa shape index (κ3) is 8.90. The first-order valence-corrected chi connectivity index (χ1v) is 11.4. The van der Waals surface area contributed by atoms with Gasteiger partial charge in [0.2, 0.25) is 5.91 Å². The van der Waals surface area contributed by atoms with Crippen molar-refractivity contribution in [3.63, 3.8) is 0 Å². The minimum Gasteiger partial charge on any atom is -0.463 e. The number of aromatic nitrogens is 2. The van der Waals surface area contributed by atoms with Crippen LogP contribution < -0.4 is 16.5 Å². The van der Waals surface area contributed by atoms with Crippen molar-refractivity contribution in [1.29, 1.82) is 0 Å². The van der Waals surface area contributed by atoms with E-state index in [-0.39, 0.29) is 31.9 Å². The third-order valence-corrected chi connectivity index (χ3v) is 5.18. The lowest BCUT2D eigenvalue weighted by Gasteiger charge is -2.17. The van der Waals surface area contributed by atoms with Crippen LogP contribution in [0.3, 0.4) is 0 Å². The molecule has 196 valence electrons. The molecule has 14 nitrogen and oxygen atoms in total. The molecule has 1 saturated heterocycles. The number of nitrogens with zero attached hydrogens (tertiary/aromatic N) is 2. The number of ether oxygens (including phenoxy) is 3. The summed E-state index contributed by atoms with van der Waals surface area (Å²) in [5, 5.41) is 31.3. The van der Waals surface area contributed by atoms with E-state index in [2.05, 4.69) is 10.3 Å². The van der Waals surface area contributed by atoms with Crippen LogP contribution in [0.5, 0.6) is 0 Å². The van der Waals surface area contributed by atoms with E-state index in [0.29, 0.717) is 32.1 Å². The highest BCUT2D eigenvalue weighted by atomic mass is 16.6. The fourth-order valence-electron chi connectivity index (χ4n) is 3.32. The highest BCUT2D eigenvalue weighted by Gasteiger charge is 2.44. The van der Waals surface area contributed by atoms with Gasteiger partial charge in [0.05, 0.1) is 6.61 Å². The molecule has 0 radical (unpaired) electrons. The van der Waals surface area contributed by atoms with E-state index in [0.717, 1.165) is 4.57 Å². The summed E-state index contributed by atoms with van der Waals surface area (Å²) < 4.78 is 16.5. The summed E-state index contributed by atoms with van der Waals surface area (Å²) >= 11 is 0. The summed E-state index contributed by atoms with van der Waals surface area (Å²) in [5.74, 6) is -1.03. The van der Waals surface area contributed by atoms with Crippen molar-refractivity contribution in [2.45, 2.75) is 76.4 Å². The van der Waals surface area contributed by atoms with E-state index >= 15 is 0 Å². The summed E-state index contributed by atoms with van der Waals surface area (Å²) in [6.07, 6.45) is -1.30. The van der Waals surface area contributed by atoms with E-state index in [1.54, 1.807) is 5.48 Å². The second-order valence-electron chi connectivity index (χ2n) is 7.94. The van der Waals surface area contributed by atoms with Crippen molar-refractivity contribution in [3.05, 3.63) is 22.7 Å². The highest BCUT2D eigenvalue weighted by molar-refractivity contribution is 5.83. The number of unbranched alkanes of at least 4 members (excludes halogenated alkanes) is 3. The van der Waals surface area contributed by atoms with E-state index in [9.17, 15) is 29.4 Å². The lowest BCUT2D eigenvalue weighted by molar-refractivity contribution is -0.150. The van der Waals surface area contributed by atoms with E-state index in [4.69, 9.17) is 19.4 Å². The summed E-state index contributed by atoms with van der Waals surface area (Å²) in [6, 6.07) is 1.31. The Kier molecular flexibility index (Phi) is 11.6. The molecule has 1 aromatic rings. The Hall–Kier alpha value is -3.07. The van der Waals surface area contributed by atoms with Crippen LogP contribution in [-0.4, -0.2) is 74.5 Å². The van der Waals surface area contributed by atoms with Gasteiger partial charge in [-0.2, -0.15) is 4.98 Å². The maximum Gasteiger partial charge on any atom is 0.412 e. The molecule has 0 spiro atoms. The minimum absolute atomic E-state index is 0.0532. The molecule has 0 unspecified atom stereocenters. The van der Waals surface area contributed by atoms with Crippen molar-refractivity contribution >= 4 is 23.8 Å². The Morgan fingerprint density at radius 1 is 1.11 bits per heavy atom. The first-order valence-electron chi connectivity index (χ1n) is 11.4. The lowest BCUT2D eigenvalue weighted by Crippen LogP contribution is -2.36. The van der Waals surface area contributed by atoms with Crippen LogP contribution in [0, 0.1) is 0 Å². The second-order valence-corrected chi connectivity index (χ2v) is 7.94. The number of carbonyl (C=O) groups is 3. The number of amides is 2. The topological polar surface area (TPSA) is 199 Å². The molecular weight excluding hydrogens is 468 g/mol. The van der Waals surface area contributed by atoms with Gasteiger partial charge >= 0.3 is 17.8 Å². The van der Waals surface area contributed by atoms with Crippen LogP contribution in [-0.2, 0) is 23.8 Å². The molecule has 35 heavy (non-hydrogen) atoms. The summed E-state index contributed by atoms with van der Waals surface area (Å²) in [6.45, 7) is 1.71. The normalized spacial score (nSPS) is 21.4. The predicted octanol–water partition coefficient (Wildman–Crippen LogP) is 0.210. The number of hydrogen-bond donors (Lipinski definition) is 5. The molecule has 14 heteroatoms. The van der Waals surface area contributed by atoms with E-state index in [1.807, 2.05) is 6.92 Å². The molecule has 1 aromatic heterocycles. The zero-order chi connectivity index (χ0) is 25.8. The van der Waals surface area contributed by atoms with E-state index in [1.165, 1.54) is 12.3 Å². The fraction of sp³-hybridized carbons (Fsp3) is 0.667. The second kappa shape index (κ2) is 14.4. The molecule has 1 aliphatic rings. The van der Waals surface area contributed by atoms with Crippen molar-refractivity contribution in [2.75, 3.05) is 18.5 Å². The van der Waals surface area contributed by atoms with Crippen LogP contribution in [0.2, 0.25) is 0 Å². The molecule has 0 aromatic carbocycles. The SMILES string of the molecule is CCCOC(=O)Nc1ccn([C@@H]2O[C@H](COC(=O)CCCCCCC(=O)NO)[C@@H](O)[C@@H]2O)c(=O)n1. The number of hydrogen-bond acceptors (Lipinski definition) is 11. The third-order valence-electron chi connectivity index (χ3n) is 5.18. The molecule has 0 aliphatic carbocycles. The molecule has 2 rings (SSSR count). The average molecular weight is 501 g/mol.